The van der Waals surface area contributed by atoms with Gasteiger partial charge in [-0.05, 0) is 54.6 Å². The zero-order valence-corrected chi connectivity index (χ0v) is 12.6. The fraction of sp³-hybridized carbons (Fsp3) is 0.375. The van der Waals surface area contributed by atoms with Crippen molar-refractivity contribution in [1.29, 1.82) is 0 Å². The number of thiophene rings is 1. The predicted octanol–water partition coefficient (Wildman–Crippen LogP) is 4.23. The fourth-order valence-corrected chi connectivity index (χ4v) is 2.80. The average Bonchev–Trinajstić information content (AvgIpc) is 2.85. The van der Waals surface area contributed by atoms with Crippen molar-refractivity contribution in [3.8, 4) is 16.9 Å². The summed E-state index contributed by atoms with van der Waals surface area (Å²) < 4.78 is 5.43. The summed E-state index contributed by atoms with van der Waals surface area (Å²) in [5.74, 6) is 0.958. The molecule has 0 atom stereocenters. The van der Waals surface area contributed by atoms with Crippen LogP contribution in [0.25, 0.3) is 11.1 Å². The van der Waals surface area contributed by atoms with Gasteiger partial charge < -0.3 is 10.1 Å². The van der Waals surface area contributed by atoms with Crippen LogP contribution in [0, 0.1) is 6.92 Å². The molecule has 102 valence electrons. The SMILES string of the molecule is CCCNCc1cc(-c2csc(C)c2)ccc1OC. The van der Waals surface area contributed by atoms with Crippen molar-refractivity contribution in [2.75, 3.05) is 13.7 Å². The third-order valence-electron chi connectivity index (χ3n) is 3.09. The highest BCUT2D eigenvalue weighted by atomic mass is 32.1. The molecule has 0 aliphatic carbocycles. The number of ether oxygens (including phenoxy) is 1. The van der Waals surface area contributed by atoms with Crippen molar-refractivity contribution >= 4 is 11.3 Å². The van der Waals surface area contributed by atoms with Crippen molar-refractivity contribution in [3.63, 3.8) is 0 Å². The first-order valence-corrected chi connectivity index (χ1v) is 7.55. The Kier molecular flexibility index (Phi) is 5.00. The van der Waals surface area contributed by atoms with E-state index < -0.39 is 0 Å². The number of aryl methyl sites for hydroxylation is 1. The van der Waals surface area contributed by atoms with Crippen molar-refractivity contribution in [3.05, 3.63) is 40.1 Å². The molecule has 0 saturated carbocycles. The molecular weight excluding hydrogens is 254 g/mol. The van der Waals surface area contributed by atoms with Crippen LogP contribution < -0.4 is 10.1 Å². The molecule has 2 nitrogen and oxygen atoms in total. The maximum absolute atomic E-state index is 5.43. The largest absolute Gasteiger partial charge is 0.496 e. The molecule has 2 rings (SSSR count). The Bertz CT molecular complexity index is 533. The summed E-state index contributed by atoms with van der Waals surface area (Å²) in [5.41, 5.74) is 3.78. The van der Waals surface area contributed by atoms with Gasteiger partial charge in [-0.15, -0.1) is 11.3 Å². The molecule has 0 amide bonds. The van der Waals surface area contributed by atoms with Crippen LogP contribution in [0.1, 0.15) is 23.8 Å². The second kappa shape index (κ2) is 6.73. The molecule has 1 aromatic carbocycles. The molecule has 2 aromatic rings. The Hall–Kier alpha value is -1.32. The fourth-order valence-electron chi connectivity index (χ4n) is 2.09. The summed E-state index contributed by atoms with van der Waals surface area (Å²) in [5, 5.41) is 5.64. The average molecular weight is 275 g/mol. The van der Waals surface area contributed by atoms with Gasteiger partial charge in [0.15, 0.2) is 0 Å². The minimum atomic E-state index is 0.855. The van der Waals surface area contributed by atoms with Gasteiger partial charge in [0.05, 0.1) is 7.11 Å². The van der Waals surface area contributed by atoms with Crippen molar-refractivity contribution < 1.29 is 4.74 Å². The van der Waals surface area contributed by atoms with Gasteiger partial charge in [-0.2, -0.15) is 0 Å². The van der Waals surface area contributed by atoms with Crippen LogP contribution in [-0.4, -0.2) is 13.7 Å². The van der Waals surface area contributed by atoms with Gasteiger partial charge in [0.1, 0.15) is 5.75 Å². The van der Waals surface area contributed by atoms with Crippen molar-refractivity contribution in [2.24, 2.45) is 0 Å². The minimum absolute atomic E-state index is 0.855. The molecule has 1 N–H and O–H groups in total. The molecule has 0 radical (unpaired) electrons. The van der Waals surface area contributed by atoms with Gasteiger partial charge in [-0.25, -0.2) is 0 Å². The van der Waals surface area contributed by atoms with Gasteiger partial charge in [0, 0.05) is 17.0 Å². The maximum atomic E-state index is 5.43. The highest BCUT2D eigenvalue weighted by Crippen LogP contribution is 2.29. The van der Waals surface area contributed by atoms with E-state index in [1.54, 1.807) is 18.4 Å². The smallest absolute Gasteiger partial charge is 0.123 e. The van der Waals surface area contributed by atoms with Gasteiger partial charge in [0.25, 0.3) is 0 Å². The van der Waals surface area contributed by atoms with E-state index in [4.69, 9.17) is 4.74 Å². The number of benzene rings is 1. The maximum Gasteiger partial charge on any atom is 0.123 e. The Balaban J connectivity index is 2.24. The van der Waals surface area contributed by atoms with E-state index >= 15 is 0 Å². The standard InChI is InChI=1S/C16H21NOS/c1-4-7-17-10-14-9-13(5-6-16(14)18-3)15-8-12(2)19-11-15/h5-6,8-9,11,17H,4,7,10H2,1-3H3. The summed E-state index contributed by atoms with van der Waals surface area (Å²) in [6, 6.07) is 8.65. The van der Waals surface area contributed by atoms with E-state index in [1.807, 2.05) is 0 Å². The Morgan fingerprint density at radius 1 is 1.21 bits per heavy atom. The van der Waals surface area contributed by atoms with Crippen molar-refractivity contribution in [1.82, 2.24) is 5.32 Å². The minimum Gasteiger partial charge on any atom is -0.496 e. The van der Waals surface area contributed by atoms with Crippen LogP contribution in [0.15, 0.2) is 29.6 Å². The molecule has 0 saturated heterocycles. The summed E-state index contributed by atoms with van der Waals surface area (Å²) in [6.07, 6.45) is 1.14. The first-order valence-electron chi connectivity index (χ1n) is 6.67. The van der Waals surface area contributed by atoms with Crippen LogP contribution in [0.5, 0.6) is 5.75 Å². The van der Waals surface area contributed by atoms with E-state index in [0.29, 0.717) is 0 Å². The normalized spacial score (nSPS) is 10.7. The monoisotopic (exact) mass is 275 g/mol. The summed E-state index contributed by atoms with van der Waals surface area (Å²) in [6.45, 7) is 6.20. The van der Waals surface area contributed by atoms with Crippen molar-refractivity contribution in [2.45, 2.75) is 26.8 Å². The first kappa shape index (κ1) is 14.1. The predicted molar refractivity (Wildman–Crippen MR) is 83.0 cm³/mol. The highest BCUT2D eigenvalue weighted by molar-refractivity contribution is 7.10. The molecule has 0 aliphatic rings. The second-order valence-corrected chi connectivity index (χ2v) is 5.76. The lowest BCUT2D eigenvalue weighted by Gasteiger charge is -2.11. The van der Waals surface area contributed by atoms with Gasteiger partial charge in [0.2, 0.25) is 0 Å². The number of nitrogens with one attached hydrogen (secondary N) is 1. The number of hydrogen-bond donors (Lipinski definition) is 1. The lowest BCUT2D eigenvalue weighted by molar-refractivity contribution is 0.408. The van der Waals surface area contributed by atoms with E-state index in [-0.39, 0.29) is 0 Å². The lowest BCUT2D eigenvalue weighted by atomic mass is 10.0. The molecular formula is C16H21NOS. The number of methoxy groups -OCH3 is 1. The molecule has 1 aromatic heterocycles. The zero-order valence-electron chi connectivity index (χ0n) is 11.8. The summed E-state index contributed by atoms with van der Waals surface area (Å²) in [7, 11) is 1.73. The molecule has 0 aliphatic heterocycles. The molecule has 0 bridgehead atoms. The first-order chi connectivity index (χ1) is 9.24. The Morgan fingerprint density at radius 2 is 2.05 bits per heavy atom. The van der Waals surface area contributed by atoms with Gasteiger partial charge in [-0.3, -0.25) is 0 Å². The number of hydrogen-bond acceptors (Lipinski definition) is 3. The third-order valence-corrected chi connectivity index (χ3v) is 3.95. The molecule has 1 heterocycles. The molecule has 19 heavy (non-hydrogen) atoms. The Morgan fingerprint density at radius 3 is 2.68 bits per heavy atom. The van der Waals surface area contributed by atoms with Crippen LogP contribution in [0.4, 0.5) is 0 Å². The summed E-state index contributed by atoms with van der Waals surface area (Å²) in [4.78, 5) is 1.34. The second-order valence-electron chi connectivity index (χ2n) is 4.65. The van der Waals surface area contributed by atoms with E-state index in [2.05, 4.69) is 48.8 Å². The van der Waals surface area contributed by atoms with Crippen LogP contribution in [0.2, 0.25) is 0 Å². The summed E-state index contributed by atoms with van der Waals surface area (Å²) >= 11 is 1.79. The lowest BCUT2D eigenvalue weighted by Crippen LogP contribution is -2.14. The molecule has 3 heteroatoms. The van der Waals surface area contributed by atoms with Crippen LogP contribution in [0.3, 0.4) is 0 Å². The quantitative estimate of drug-likeness (QED) is 0.797. The molecule has 0 spiro atoms. The van der Waals surface area contributed by atoms with Crippen LogP contribution >= 0.6 is 11.3 Å². The zero-order chi connectivity index (χ0) is 13.7. The van der Waals surface area contributed by atoms with Crippen LogP contribution in [-0.2, 0) is 6.54 Å². The molecule has 0 fully saturated rings. The van der Waals surface area contributed by atoms with E-state index in [0.717, 1.165) is 25.3 Å². The van der Waals surface area contributed by atoms with E-state index in [9.17, 15) is 0 Å². The topological polar surface area (TPSA) is 21.3 Å². The Labute approximate surface area is 119 Å². The van der Waals surface area contributed by atoms with Gasteiger partial charge >= 0.3 is 0 Å². The van der Waals surface area contributed by atoms with E-state index in [1.165, 1.54) is 21.6 Å². The van der Waals surface area contributed by atoms with Gasteiger partial charge in [-0.1, -0.05) is 13.0 Å². The number of rotatable bonds is 6. The third kappa shape index (κ3) is 3.58. The highest BCUT2D eigenvalue weighted by Gasteiger charge is 2.06. The molecule has 0 unspecified atom stereocenters.